The van der Waals surface area contributed by atoms with Crippen molar-refractivity contribution in [3.8, 4) is 0 Å². The molecule has 0 saturated heterocycles. The van der Waals surface area contributed by atoms with Gasteiger partial charge in [-0.15, -0.1) is 11.6 Å². The van der Waals surface area contributed by atoms with E-state index in [0.717, 1.165) is 24.3 Å². The summed E-state index contributed by atoms with van der Waals surface area (Å²) in [5.74, 6) is 0.671. The molecule has 0 aliphatic carbocycles. The first-order valence-corrected chi connectivity index (χ1v) is 8.00. The maximum Gasteiger partial charge on any atom is 0.193 e. The van der Waals surface area contributed by atoms with E-state index in [-0.39, 0.29) is 5.50 Å². The predicted octanol–water partition coefficient (Wildman–Crippen LogP) is 4.27. The number of hydrogen-bond donors (Lipinski definition) is 0. The molecule has 0 fully saturated rings. The molecular weight excluding hydrogens is 292 g/mol. The van der Waals surface area contributed by atoms with Gasteiger partial charge in [-0.05, 0) is 36.1 Å². The van der Waals surface area contributed by atoms with E-state index >= 15 is 0 Å². The highest BCUT2D eigenvalue weighted by atomic mass is 35.5. The zero-order valence-corrected chi connectivity index (χ0v) is 13.3. The minimum atomic E-state index is 0.0340. The predicted molar refractivity (Wildman–Crippen MR) is 87.8 cm³/mol. The van der Waals surface area contributed by atoms with Crippen LogP contribution in [0.5, 0.6) is 0 Å². The topological polar surface area (TPSA) is 31.2 Å². The zero-order valence-electron chi connectivity index (χ0n) is 11.7. The van der Waals surface area contributed by atoms with E-state index in [1.807, 2.05) is 43.8 Å². The van der Waals surface area contributed by atoms with Gasteiger partial charge in [-0.2, -0.15) is 10.2 Å². The molecule has 4 nitrogen and oxygen atoms in total. The monoisotopic (exact) mass is 310 g/mol. The fraction of sp³-hybridized carbons (Fsp3) is 0.429. The van der Waals surface area contributed by atoms with Crippen LogP contribution in [0.3, 0.4) is 0 Å². The highest BCUT2D eigenvalue weighted by molar-refractivity contribution is 8.02. The van der Waals surface area contributed by atoms with E-state index in [0.29, 0.717) is 5.88 Å². The molecule has 20 heavy (non-hydrogen) atoms. The lowest BCUT2D eigenvalue weighted by Crippen LogP contribution is -2.23. The molecule has 0 amide bonds. The van der Waals surface area contributed by atoms with Gasteiger partial charge in [-0.1, -0.05) is 11.8 Å². The fourth-order valence-electron chi connectivity index (χ4n) is 1.79. The molecule has 0 N–H and O–H groups in total. The molecule has 1 aliphatic rings. The Bertz CT molecular complexity index is 473. The maximum absolute atomic E-state index is 5.73. The summed E-state index contributed by atoms with van der Waals surface area (Å²) in [5, 5.41) is 10.8. The van der Waals surface area contributed by atoms with E-state index in [9.17, 15) is 0 Å². The molecule has 1 aromatic rings. The van der Waals surface area contributed by atoms with Gasteiger partial charge in [0.15, 0.2) is 5.50 Å². The average molecular weight is 311 g/mol. The van der Waals surface area contributed by atoms with Gasteiger partial charge in [0.25, 0.3) is 0 Å². The number of benzene rings is 1. The number of anilines is 1. The van der Waals surface area contributed by atoms with Crippen molar-refractivity contribution < 1.29 is 0 Å². The van der Waals surface area contributed by atoms with Gasteiger partial charge >= 0.3 is 0 Å². The summed E-state index contributed by atoms with van der Waals surface area (Å²) in [5.41, 5.74) is 2.07. The van der Waals surface area contributed by atoms with Crippen molar-refractivity contribution in [2.75, 3.05) is 31.4 Å². The summed E-state index contributed by atoms with van der Waals surface area (Å²) < 4.78 is 0. The van der Waals surface area contributed by atoms with Gasteiger partial charge in [0.05, 0.1) is 5.69 Å². The molecule has 1 aromatic carbocycles. The number of nitrogens with zero attached hydrogens (tertiary/aromatic N) is 4. The average Bonchev–Trinajstić information content (AvgIpc) is 2.90. The Morgan fingerprint density at radius 3 is 2.70 bits per heavy atom. The first kappa shape index (κ1) is 15.2. The summed E-state index contributed by atoms with van der Waals surface area (Å²) in [6.07, 6.45) is 3.01. The smallest absolute Gasteiger partial charge is 0.193 e. The Morgan fingerprint density at radius 1 is 1.30 bits per heavy atom. The number of rotatable bonds is 6. The largest absolute Gasteiger partial charge is 0.378 e. The van der Waals surface area contributed by atoms with Gasteiger partial charge in [-0.25, -0.2) is 0 Å². The highest BCUT2D eigenvalue weighted by Gasteiger charge is 2.18. The molecule has 2 rings (SSSR count). The molecule has 0 aromatic heterocycles. The van der Waals surface area contributed by atoms with Crippen molar-refractivity contribution in [1.29, 1.82) is 0 Å². The van der Waals surface area contributed by atoms with Crippen molar-refractivity contribution in [2.24, 2.45) is 10.2 Å². The Labute approximate surface area is 129 Å². The SMILES string of the molecule is CN(C)c1ccc(N=NC2SC=CN2CCCCl)cc1. The first-order valence-electron chi connectivity index (χ1n) is 6.53. The lowest BCUT2D eigenvalue weighted by atomic mass is 10.3. The van der Waals surface area contributed by atoms with Crippen molar-refractivity contribution in [2.45, 2.75) is 11.9 Å². The molecule has 1 heterocycles. The summed E-state index contributed by atoms with van der Waals surface area (Å²) in [4.78, 5) is 4.22. The number of alkyl halides is 1. The first-order chi connectivity index (χ1) is 9.70. The number of hydrogen-bond acceptors (Lipinski definition) is 5. The van der Waals surface area contributed by atoms with Crippen molar-refractivity contribution in [3.05, 3.63) is 35.9 Å². The Balaban J connectivity index is 1.94. The second-order valence-electron chi connectivity index (χ2n) is 4.65. The maximum atomic E-state index is 5.73. The Kier molecular flexibility index (Phi) is 5.73. The molecule has 1 unspecified atom stereocenters. The van der Waals surface area contributed by atoms with Gasteiger partial charge in [0.1, 0.15) is 0 Å². The van der Waals surface area contributed by atoms with E-state index in [1.165, 1.54) is 0 Å². The number of azo groups is 1. The van der Waals surface area contributed by atoms with Crippen LogP contribution in [0.15, 0.2) is 46.1 Å². The van der Waals surface area contributed by atoms with Crippen LogP contribution in [0.2, 0.25) is 0 Å². The minimum absolute atomic E-state index is 0.0340. The van der Waals surface area contributed by atoms with Crippen molar-refractivity contribution in [1.82, 2.24) is 4.90 Å². The molecule has 0 radical (unpaired) electrons. The third-order valence-corrected chi connectivity index (χ3v) is 4.08. The summed E-state index contributed by atoms with van der Waals surface area (Å²) in [7, 11) is 4.04. The molecule has 108 valence electrons. The van der Waals surface area contributed by atoms with Crippen LogP contribution in [0.4, 0.5) is 11.4 Å². The van der Waals surface area contributed by atoms with Crippen LogP contribution in [0.1, 0.15) is 6.42 Å². The molecule has 0 saturated carbocycles. The van der Waals surface area contributed by atoms with Crippen LogP contribution >= 0.6 is 23.4 Å². The summed E-state index contributed by atoms with van der Waals surface area (Å²) in [6, 6.07) is 8.04. The molecular formula is C14H19ClN4S. The van der Waals surface area contributed by atoms with Gasteiger partial charge in [-0.3, -0.25) is 0 Å². The van der Waals surface area contributed by atoms with E-state index < -0.39 is 0 Å². The van der Waals surface area contributed by atoms with Crippen LogP contribution in [-0.4, -0.2) is 36.9 Å². The second-order valence-corrected chi connectivity index (χ2v) is 6.00. The van der Waals surface area contributed by atoms with Crippen LogP contribution in [0.25, 0.3) is 0 Å². The lowest BCUT2D eigenvalue weighted by molar-refractivity contribution is 0.362. The minimum Gasteiger partial charge on any atom is -0.378 e. The Hall–Kier alpha value is -1.20. The number of thioether (sulfide) groups is 1. The van der Waals surface area contributed by atoms with Gasteiger partial charge < -0.3 is 9.80 Å². The van der Waals surface area contributed by atoms with Crippen LogP contribution < -0.4 is 4.90 Å². The normalized spacial score (nSPS) is 18.1. The fourth-order valence-corrected chi connectivity index (χ4v) is 2.71. The van der Waals surface area contributed by atoms with Crippen molar-refractivity contribution in [3.63, 3.8) is 0 Å². The number of halogens is 1. The summed E-state index contributed by atoms with van der Waals surface area (Å²) >= 11 is 7.39. The Morgan fingerprint density at radius 2 is 2.05 bits per heavy atom. The quantitative estimate of drug-likeness (QED) is 0.581. The molecule has 1 aliphatic heterocycles. The molecule has 0 bridgehead atoms. The lowest BCUT2D eigenvalue weighted by Gasteiger charge is -2.19. The third kappa shape index (κ3) is 4.15. The van der Waals surface area contributed by atoms with E-state index in [2.05, 4.69) is 26.2 Å². The van der Waals surface area contributed by atoms with E-state index in [4.69, 9.17) is 11.6 Å². The van der Waals surface area contributed by atoms with Crippen LogP contribution in [0, 0.1) is 0 Å². The van der Waals surface area contributed by atoms with Crippen LogP contribution in [-0.2, 0) is 0 Å². The van der Waals surface area contributed by atoms with Gasteiger partial charge in [0, 0.05) is 38.4 Å². The second kappa shape index (κ2) is 7.55. The standard InChI is InChI=1S/C14H19ClN4S/c1-18(2)13-6-4-12(5-7-13)16-17-14-19(9-3-8-15)10-11-20-14/h4-7,10-11,14H,3,8-9H2,1-2H3. The van der Waals surface area contributed by atoms with E-state index in [1.54, 1.807) is 11.8 Å². The molecule has 6 heteroatoms. The summed E-state index contributed by atoms with van der Waals surface area (Å²) in [6.45, 7) is 0.913. The third-order valence-electron chi connectivity index (χ3n) is 2.92. The highest BCUT2D eigenvalue weighted by Crippen LogP contribution is 2.28. The molecule has 1 atom stereocenters. The molecule has 0 spiro atoms. The van der Waals surface area contributed by atoms with Gasteiger partial charge in [0.2, 0.25) is 0 Å². The van der Waals surface area contributed by atoms with Crippen molar-refractivity contribution >= 4 is 34.7 Å². The zero-order chi connectivity index (χ0) is 14.4.